The maximum absolute atomic E-state index is 11.2. The summed E-state index contributed by atoms with van der Waals surface area (Å²) in [5.74, 6) is -0.113. The second-order valence-corrected chi connectivity index (χ2v) is 4.35. The third-order valence-electron chi connectivity index (χ3n) is 2.89. The molecule has 0 aliphatic heterocycles. The van der Waals surface area contributed by atoms with Crippen LogP contribution >= 0.6 is 0 Å². The number of aromatic carboxylic acids is 1. The first-order valence-electron chi connectivity index (χ1n) is 6.74. The van der Waals surface area contributed by atoms with Gasteiger partial charge in [-0.15, -0.1) is 0 Å². The molecule has 0 atom stereocenters. The highest BCUT2D eigenvalue weighted by molar-refractivity contribution is 5.92. The van der Waals surface area contributed by atoms with E-state index in [0.29, 0.717) is 13.2 Å². The molecule has 0 saturated heterocycles. The molecule has 2 N–H and O–H groups in total. The summed E-state index contributed by atoms with van der Waals surface area (Å²) in [4.78, 5) is 19.1. The highest BCUT2D eigenvalue weighted by Gasteiger charge is 2.14. The van der Waals surface area contributed by atoms with Crippen molar-refractivity contribution in [1.82, 2.24) is 9.97 Å². The van der Waals surface area contributed by atoms with Gasteiger partial charge in [0.25, 0.3) is 0 Å². The zero-order valence-electron chi connectivity index (χ0n) is 12.4. The third kappa shape index (κ3) is 3.85. The molecule has 0 bridgehead atoms. The summed E-state index contributed by atoms with van der Waals surface area (Å²) < 4.78 is 10.3. The van der Waals surface area contributed by atoms with Crippen LogP contribution < -0.4 is 14.8 Å². The summed E-state index contributed by atoms with van der Waals surface area (Å²) in [6.45, 7) is 2.64. The van der Waals surface area contributed by atoms with Gasteiger partial charge in [-0.05, 0) is 24.6 Å². The van der Waals surface area contributed by atoms with Gasteiger partial charge in [-0.3, -0.25) is 0 Å². The Morgan fingerprint density at radius 1 is 1.32 bits per heavy atom. The van der Waals surface area contributed by atoms with Gasteiger partial charge in [0.15, 0.2) is 0 Å². The first kappa shape index (κ1) is 15.6. The first-order chi connectivity index (χ1) is 10.6. The van der Waals surface area contributed by atoms with Crippen LogP contribution in [0.15, 0.2) is 30.5 Å². The van der Waals surface area contributed by atoms with Gasteiger partial charge in [0.1, 0.15) is 17.1 Å². The highest BCUT2D eigenvalue weighted by Crippen LogP contribution is 2.17. The molecule has 0 spiro atoms. The molecule has 7 nitrogen and oxygen atoms in total. The zero-order chi connectivity index (χ0) is 15.9. The first-order valence-corrected chi connectivity index (χ1v) is 6.74. The molecular weight excluding hydrogens is 286 g/mol. The number of carboxylic acids is 1. The monoisotopic (exact) mass is 303 g/mol. The van der Waals surface area contributed by atoms with Crippen molar-refractivity contribution in [2.45, 2.75) is 13.5 Å². The minimum atomic E-state index is -1.10. The normalized spacial score (nSPS) is 10.1. The van der Waals surface area contributed by atoms with Gasteiger partial charge in [-0.2, -0.15) is 4.98 Å². The highest BCUT2D eigenvalue weighted by atomic mass is 16.5. The SMILES string of the molecule is CCOc1ncc(C(=O)O)c(NCc2ccc(OC)cc2)n1. The second-order valence-electron chi connectivity index (χ2n) is 4.35. The van der Waals surface area contributed by atoms with Gasteiger partial charge in [-0.1, -0.05) is 12.1 Å². The van der Waals surface area contributed by atoms with E-state index >= 15 is 0 Å². The molecule has 0 saturated carbocycles. The van der Waals surface area contributed by atoms with E-state index in [9.17, 15) is 9.90 Å². The summed E-state index contributed by atoms with van der Waals surface area (Å²) in [5, 5.41) is 12.2. The molecule has 0 fully saturated rings. The van der Waals surface area contributed by atoms with Crippen LogP contribution in [-0.4, -0.2) is 34.8 Å². The molecule has 1 aromatic heterocycles. The van der Waals surface area contributed by atoms with Crippen molar-refractivity contribution in [2.75, 3.05) is 19.0 Å². The summed E-state index contributed by atoms with van der Waals surface area (Å²) in [5.41, 5.74) is 0.964. The minimum absolute atomic E-state index is 0.00281. The van der Waals surface area contributed by atoms with Crippen molar-refractivity contribution in [3.63, 3.8) is 0 Å². The van der Waals surface area contributed by atoms with Crippen molar-refractivity contribution in [3.8, 4) is 11.8 Å². The molecule has 1 aromatic carbocycles. The fourth-order valence-electron chi connectivity index (χ4n) is 1.78. The lowest BCUT2D eigenvalue weighted by Gasteiger charge is -2.10. The fourth-order valence-corrected chi connectivity index (χ4v) is 1.78. The molecule has 0 aliphatic rings. The zero-order valence-corrected chi connectivity index (χ0v) is 12.4. The Balaban J connectivity index is 2.15. The van der Waals surface area contributed by atoms with E-state index in [2.05, 4.69) is 15.3 Å². The second kappa shape index (κ2) is 7.26. The maximum atomic E-state index is 11.2. The van der Waals surface area contributed by atoms with Crippen LogP contribution in [0.4, 0.5) is 5.82 Å². The number of carbonyl (C=O) groups is 1. The van der Waals surface area contributed by atoms with Crippen LogP contribution in [0, 0.1) is 0 Å². The Labute approximate surface area is 127 Å². The van der Waals surface area contributed by atoms with E-state index < -0.39 is 5.97 Å². The van der Waals surface area contributed by atoms with Crippen molar-refractivity contribution < 1.29 is 19.4 Å². The smallest absolute Gasteiger partial charge is 0.341 e. The Hall–Kier alpha value is -2.83. The van der Waals surface area contributed by atoms with Gasteiger partial charge in [-0.25, -0.2) is 9.78 Å². The summed E-state index contributed by atoms with van der Waals surface area (Å²) in [7, 11) is 1.60. The van der Waals surface area contributed by atoms with Crippen molar-refractivity contribution in [3.05, 3.63) is 41.6 Å². The maximum Gasteiger partial charge on any atom is 0.341 e. The quantitative estimate of drug-likeness (QED) is 0.809. The van der Waals surface area contributed by atoms with E-state index in [1.165, 1.54) is 6.20 Å². The number of hydrogen-bond donors (Lipinski definition) is 2. The molecule has 1 heterocycles. The summed E-state index contributed by atoms with van der Waals surface area (Å²) in [6.07, 6.45) is 1.23. The lowest BCUT2D eigenvalue weighted by molar-refractivity contribution is 0.0697. The van der Waals surface area contributed by atoms with E-state index in [0.717, 1.165) is 11.3 Å². The van der Waals surface area contributed by atoms with Gasteiger partial charge in [0.05, 0.1) is 19.9 Å². The van der Waals surface area contributed by atoms with Crippen LogP contribution in [0.5, 0.6) is 11.8 Å². The topological polar surface area (TPSA) is 93.6 Å². The van der Waals surface area contributed by atoms with E-state index in [-0.39, 0.29) is 17.4 Å². The Morgan fingerprint density at radius 2 is 2.05 bits per heavy atom. The number of nitrogens with one attached hydrogen (secondary N) is 1. The van der Waals surface area contributed by atoms with E-state index in [4.69, 9.17) is 9.47 Å². The minimum Gasteiger partial charge on any atom is -0.497 e. The van der Waals surface area contributed by atoms with Crippen molar-refractivity contribution in [2.24, 2.45) is 0 Å². The van der Waals surface area contributed by atoms with Crippen molar-refractivity contribution in [1.29, 1.82) is 0 Å². The standard InChI is InChI=1S/C15H17N3O4/c1-3-22-15-17-9-12(14(19)20)13(18-15)16-8-10-4-6-11(21-2)7-5-10/h4-7,9H,3,8H2,1-2H3,(H,19,20)(H,16,17,18). The van der Waals surface area contributed by atoms with Crippen LogP contribution in [-0.2, 0) is 6.54 Å². The molecule has 0 radical (unpaired) electrons. The number of carboxylic acid groups (broad SMARTS) is 1. The third-order valence-corrected chi connectivity index (χ3v) is 2.89. The molecule has 2 aromatic rings. The van der Waals surface area contributed by atoms with E-state index in [1.54, 1.807) is 14.0 Å². The number of benzene rings is 1. The number of anilines is 1. The number of hydrogen-bond acceptors (Lipinski definition) is 6. The number of aromatic nitrogens is 2. The summed E-state index contributed by atoms with van der Waals surface area (Å²) >= 11 is 0. The molecule has 0 unspecified atom stereocenters. The number of nitrogens with zero attached hydrogens (tertiary/aromatic N) is 2. The molecule has 22 heavy (non-hydrogen) atoms. The molecule has 2 rings (SSSR count). The average molecular weight is 303 g/mol. The lowest BCUT2D eigenvalue weighted by Crippen LogP contribution is -2.10. The molecular formula is C15H17N3O4. The molecule has 116 valence electrons. The van der Waals surface area contributed by atoms with Gasteiger partial charge >= 0.3 is 12.0 Å². The van der Waals surface area contributed by atoms with E-state index in [1.807, 2.05) is 24.3 Å². The Morgan fingerprint density at radius 3 is 2.64 bits per heavy atom. The van der Waals surface area contributed by atoms with Gasteiger partial charge in [0.2, 0.25) is 0 Å². The Bertz CT molecular complexity index is 644. The van der Waals surface area contributed by atoms with Crippen LogP contribution in [0.25, 0.3) is 0 Å². The molecule has 0 amide bonds. The van der Waals surface area contributed by atoms with Gasteiger partial charge < -0.3 is 19.9 Å². The lowest BCUT2D eigenvalue weighted by atomic mass is 10.2. The Kier molecular flexibility index (Phi) is 5.13. The predicted molar refractivity (Wildman–Crippen MR) is 80.5 cm³/mol. The molecule has 0 aliphatic carbocycles. The van der Waals surface area contributed by atoms with Gasteiger partial charge in [0, 0.05) is 6.54 Å². The largest absolute Gasteiger partial charge is 0.497 e. The van der Waals surface area contributed by atoms with Crippen LogP contribution in [0.3, 0.4) is 0 Å². The number of ether oxygens (including phenoxy) is 2. The number of rotatable bonds is 7. The predicted octanol–water partition coefficient (Wildman–Crippen LogP) is 2.19. The molecule has 7 heteroatoms. The fraction of sp³-hybridized carbons (Fsp3) is 0.267. The number of methoxy groups -OCH3 is 1. The van der Waals surface area contributed by atoms with Crippen LogP contribution in [0.2, 0.25) is 0 Å². The average Bonchev–Trinajstić information content (AvgIpc) is 2.53. The van der Waals surface area contributed by atoms with Crippen molar-refractivity contribution >= 4 is 11.8 Å². The van der Waals surface area contributed by atoms with Crippen LogP contribution in [0.1, 0.15) is 22.8 Å². The summed E-state index contributed by atoms with van der Waals surface area (Å²) in [6, 6.07) is 7.58.